The Hall–Kier alpha value is -1.21. The van der Waals surface area contributed by atoms with Gasteiger partial charge in [-0.3, -0.25) is 10.1 Å². The molecule has 2 rings (SSSR count). The van der Waals surface area contributed by atoms with Gasteiger partial charge in [-0.1, -0.05) is 0 Å². The summed E-state index contributed by atoms with van der Waals surface area (Å²) in [5.74, 6) is 0.757. The van der Waals surface area contributed by atoms with E-state index in [-0.39, 0.29) is 5.00 Å². The van der Waals surface area contributed by atoms with Gasteiger partial charge < -0.3 is 10.2 Å². The van der Waals surface area contributed by atoms with Gasteiger partial charge in [-0.05, 0) is 44.2 Å². The van der Waals surface area contributed by atoms with E-state index in [1.54, 1.807) is 0 Å². The maximum absolute atomic E-state index is 10.5. The Balaban J connectivity index is 1.89. The lowest BCUT2D eigenvalue weighted by Gasteiger charge is -2.24. The summed E-state index contributed by atoms with van der Waals surface area (Å²) in [6.45, 7) is 0.794. The van der Waals surface area contributed by atoms with Crippen molar-refractivity contribution in [3.8, 4) is 0 Å². The lowest BCUT2D eigenvalue weighted by atomic mass is 10.1. The van der Waals surface area contributed by atoms with Gasteiger partial charge in [0.15, 0.2) is 5.13 Å². The van der Waals surface area contributed by atoms with E-state index in [0.717, 1.165) is 23.8 Å². The molecule has 0 unspecified atom stereocenters. The number of rotatable bonds is 6. The van der Waals surface area contributed by atoms with Crippen molar-refractivity contribution in [3.05, 3.63) is 16.3 Å². The third kappa shape index (κ3) is 3.13. The monoisotopic (exact) mass is 256 g/mol. The van der Waals surface area contributed by atoms with Crippen LogP contribution in [0.4, 0.5) is 10.1 Å². The van der Waals surface area contributed by atoms with Gasteiger partial charge in [-0.15, -0.1) is 0 Å². The molecule has 1 heterocycles. The summed E-state index contributed by atoms with van der Waals surface area (Å²) in [6, 6.07) is 0.484. The first-order chi connectivity index (χ1) is 8.08. The van der Waals surface area contributed by atoms with Crippen LogP contribution < -0.4 is 5.32 Å². The van der Waals surface area contributed by atoms with Crippen molar-refractivity contribution in [2.75, 3.05) is 26.0 Å². The summed E-state index contributed by atoms with van der Waals surface area (Å²) >= 11 is 1.09. The van der Waals surface area contributed by atoms with Crippen LogP contribution in [0, 0.1) is 16.0 Å². The maximum Gasteiger partial charge on any atom is 0.345 e. The average molecular weight is 256 g/mol. The van der Waals surface area contributed by atoms with E-state index in [1.165, 1.54) is 19.0 Å². The Morgan fingerprint density at radius 3 is 2.88 bits per heavy atom. The van der Waals surface area contributed by atoms with Gasteiger partial charge in [0.25, 0.3) is 0 Å². The molecule has 0 saturated heterocycles. The van der Waals surface area contributed by atoms with Crippen molar-refractivity contribution in [1.29, 1.82) is 0 Å². The molecule has 1 aliphatic rings. The molecular formula is C10H16N4O2S. The molecule has 1 saturated carbocycles. The SMILES string of the molecule is CN(C)[C@@H](CNc1ncc([N+](=O)[O-])s1)C1CC1. The number of anilines is 1. The van der Waals surface area contributed by atoms with E-state index in [1.807, 2.05) is 0 Å². The van der Waals surface area contributed by atoms with E-state index >= 15 is 0 Å². The Kier molecular flexibility index (Phi) is 3.58. The van der Waals surface area contributed by atoms with Crippen LogP contribution in [-0.4, -0.2) is 41.5 Å². The second kappa shape index (κ2) is 4.97. The molecule has 94 valence electrons. The molecule has 0 bridgehead atoms. The van der Waals surface area contributed by atoms with Crippen LogP contribution in [0.1, 0.15) is 12.8 Å². The summed E-state index contributed by atoms with van der Waals surface area (Å²) in [7, 11) is 4.13. The Bertz CT molecular complexity index is 401. The highest BCUT2D eigenvalue weighted by Gasteiger charge is 2.32. The minimum absolute atomic E-state index is 0.0836. The van der Waals surface area contributed by atoms with Crippen LogP contribution in [-0.2, 0) is 0 Å². The number of hydrogen-bond donors (Lipinski definition) is 1. The van der Waals surface area contributed by atoms with E-state index in [2.05, 4.69) is 29.3 Å². The number of hydrogen-bond acceptors (Lipinski definition) is 6. The summed E-state index contributed by atoms with van der Waals surface area (Å²) in [6.07, 6.45) is 3.86. The van der Waals surface area contributed by atoms with E-state index in [0.29, 0.717) is 11.2 Å². The highest BCUT2D eigenvalue weighted by Crippen LogP contribution is 2.35. The fourth-order valence-electron chi connectivity index (χ4n) is 1.88. The van der Waals surface area contributed by atoms with Crippen LogP contribution in [0.5, 0.6) is 0 Å². The van der Waals surface area contributed by atoms with Crippen LogP contribution in [0.25, 0.3) is 0 Å². The zero-order valence-electron chi connectivity index (χ0n) is 9.92. The fraction of sp³-hybridized carbons (Fsp3) is 0.700. The molecule has 0 amide bonds. The molecule has 0 aliphatic heterocycles. The number of thiazole rings is 1. The van der Waals surface area contributed by atoms with Crippen molar-refractivity contribution < 1.29 is 4.92 Å². The first-order valence-electron chi connectivity index (χ1n) is 5.58. The summed E-state index contributed by atoms with van der Waals surface area (Å²) in [4.78, 5) is 16.3. The molecular weight excluding hydrogens is 240 g/mol. The quantitative estimate of drug-likeness (QED) is 0.620. The molecule has 1 atom stereocenters. The number of nitrogens with zero attached hydrogens (tertiary/aromatic N) is 3. The number of nitro groups is 1. The lowest BCUT2D eigenvalue weighted by Crippen LogP contribution is -2.36. The van der Waals surface area contributed by atoms with Crippen molar-refractivity contribution in [2.45, 2.75) is 18.9 Å². The van der Waals surface area contributed by atoms with Gasteiger partial charge in [0.05, 0.1) is 4.92 Å². The molecule has 1 aromatic heterocycles. The van der Waals surface area contributed by atoms with Crippen LogP contribution in [0.3, 0.4) is 0 Å². The highest BCUT2D eigenvalue weighted by atomic mass is 32.1. The highest BCUT2D eigenvalue weighted by molar-refractivity contribution is 7.18. The Morgan fingerprint density at radius 1 is 1.71 bits per heavy atom. The molecule has 0 radical (unpaired) electrons. The van der Waals surface area contributed by atoms with Crippen LogP contribution in [0.15, 0.2) is 6.20 Å². The summed E-state index contributed by atoms with van der Waals surface area (Å²) in [5.41, 5.74) is 0. The van der Waals surface area contributed by atoms with Crippen LogP contribution in [0.2, 0.25) is 0 Å². The first kappa shape index (κ1) is 12.3. The molecule has 7 heteroatoms. The average Bonchev–Trinajstić information content (AvgIpc) is 2.95. The maximum atomic E-state index is 10.5. The molecule has 6 nitrogen and oxygen atoms in total. The predicted octanol–water partition coefficient (Wildman–Crippen LogP) is 1.80. The van der Waals surface area contributed by atoms with E-state index in [4.69, 9.17) is 0 Å². The fourth-order valence-corrected chi connectivity index (χ4v) is 2.51. The van der Waals surface area contributed by atoms with Gasteiger partial charge >= 0.3 is 5.00 Å². The van der Waals surface area contributed by atoms with Crippen molar-refractivity contribution >= 4 is 21.5 Å². The molecule has 1 aliphatic carbocycles. The predicted molar refractivity (Wildman–Crippen MR) is 67.5 cm³/mol. The number of aromatic nitrogens is 1. The zero-order valence-corrected chi connectivity index (χ0v) is 10.7. The topological polar surface area (TPSA) is 71.3 Å². The number of nitrogens with one attached hydrogen (secondary N) is 1. The first-order valence-corrected chi connectivity index (χ1v) is 6.40. The minimum Gasteiger partial charge on any atom is -0.360 e. The molecule has 1 N–H and O–H groups in total. The molecule has 1 fully saturated rings. The van der Waals surface area contributed by atoms with Gasteiger partial charge in [-0.2, -0.15) is 0 Å². The normalized spacial score (nSPS) is 17.1. The summed E-state index contributed by atoms with van der Waals surface area (Å²) in [5, 5.41) is 14.4. The van der Waals surface area contributed by atoms with Gasteiger partial charge in [-0.25, -0.2) is 4.98 Å². The third-order valence-electron chi connectivity index (χ3n) is 2.97. The molecule has 1 aromatic rings. The third-order valence-corrected chi connectivity index (χ3v) is 3.87. The molecule has 0 aromatic carbocycles. The van der Waals surface area contributed by atoms with Crippen molar-refractivity contribution in [2.24, 2.45) is 5.92 Å². The smallest absolute Gasteiger partial charge is 0.345 e. The van der Waals surface area contributed by atoms with E-state index in [9.17, 15) is 10.1 Å². The minimum atomic E-state index is -0.410. The second-order valence-electron chi connectivity index (χ2n) is 4.51. The van der Waals surface area contributed by atoms with Crippen molar-refractivity contribution in [1.82, 2.24) is 9.88 Å². The second-order valence-corrected chi connectivity index (χ2v) is 5.52. The van der Waals surface area contributed by atoms with E-state index < -0.39 is 4.92 Å². The summed E-state index contributed by atoms with van der Waals surface area (Å²) < 4.78 is 0. The Labute approximate surface area is 104 Å². The van der Waals surface area contributed by atoms with Crippen LogP contribution >= 0.6 is 11.3 Å². The largest absolute Gasteiger partial charge is 0.360 e. The standard InChI is InChI=1S/C10H16N4O2S/c1-13(2)8(7-3-4-7)5-11-10-12-6-9(17-10)14(15)16/h6-8H,3-5H2,1-2H3,(H,11,12)/t8-/m0/s1. The van der Waals surface area contributed by atoms with Gasteiger partial charge in [0, 0.05) is 12.6 Å². The Morgan fingerprint density at radius 2 is 2.41 bits per heavy atom. The van der Waals surface area contributed by atoms with Crippen molar-refractivity contribution in [3.63, 3.8) is 0 Å². The van der Waals surface area contributed by atoms with Gasteiger partial charge in [0.1, 0.15) is 6.20 Å². The number of likely N-dealkylation sites (N-methyl/N-ethyl adjacent to an activating group) is 1. The zero-order chi connectivity index (χ0) is 12.4. The lowest BCUT2D eigenvalue weighted by molar-refractivity contribution is -0.380. The molecule has 0 spiro atoms. The molecule has 17 heavy (non-hydrogen) atoms. The van der Waals surface area contributed by atoms with Gasteiger partial charge in [0.2, 0.25) is 0 Å².